The second-order valence-corrected chi connectivity index (χ2v) is 4.35. The van der Waals surface area contributed by atoms with Gasteiger partial charge in [-0.05, 0) is 6.42 Å². The Morgan fingerprint density at radius 3 is 2.26 bits per heavy atom. The van der Waals surface area contributed by atoms with Crippen LogP contribution in [-0.4, -0.2) is 18.2 Å². The number of hydrogen-bond donors (Lipinski definition) is 0. The number of rotatable bonds is 6. The van der Waals surface area contributed by atoms with E-state index in [1.165, 1.54) is 19.1 Å². The molecule has 0 aromatic heterocycles. The first-order valence-corrected chi connectivity index (χ1v) is 6.00. The summed E-state index contributed by atoms with van der Waals surface area (Å²) >= 11 is 0. The first kappa shape index (κ1) is 15.4. The molecule has 0 aliphatic heterocycles. The third-order valence-electron chi connectivity index (χ3n) is 3.08. The van der Waals surface area contributed by atoms with Gasteiger partial charge in [0, 0.05) is 17.9 Å². The van der Waals surface area contributed by atoms with Gasteiger partial charge in [0.25, 0.3) is 0 Å². The predicted molar refractivity (Wildman–Crippen MR) is 64.8 cm³/mol. The Hall–Kier alpha value is -1.65. The molecule has 2 nitrogen and oxygen atoms in total. The van der Waals surface area contributed by atoms with Gasteiger partial charge in [0.05, 0.1) is 5.92 Å². The van der Waals surface area contributed by atoms with Crippen molar-refractivity contribution >= 4 is 12.1 Å². The fourth-order valence-electron chi connectivity index (χ4n) is 1.93. The van der Waals surface area contributed by atoms with Crippen LogP contribution >= 0.6 is 0 Å². The Kier molecular flexibility index (Phi) is 5.27. The summed E-state index contributed by atoms with van der Waals surface area (Å²) in [5, 5.41) is 0. The lowest BCUT2D eigenvalue weighted by atomic mass is 9.85. The number of Topliss-reactive ketones (excluding diaryl/α,β-unsaturated/α-hetero) is 1. The fraction of sp³-hybridized carbons (Fsp3) is 0.429. The Morgan fingerprint density at radius 2 is 1.84 bits per heavy atom. The van der Waals surface area contributed by atoms with E-state index in [0.29, 0.717) is 0 Å². The minimum atomic E-state index is -4.55. The normalized spacial score (nSPS) is 14.7. The van der Waals surface area contributed by atoms with Crippen molar-refractivity contribution in [3.8, 4) is 0 Å². The zero-order valence-electron chi connectivity index (χ0n) is 10.5. The number of hydrogen-bond acceptors (Lipinski definition) is 2. The average Bonchev–Trinajstić information content (AvgIpc) is 2.38. The highest BCUT2D eigenvalue weighted by molar-refractivity contribution is 5.96. The number of alkyl halides is 3. The molecule has 0 amide bonds. The maximum Gasteiger partial charge on any atom is 0.392 e. The van der Waals surface area contributed by atoms with Crippen molar-refractivity contribution in [3.63, 3.8) is 0 Å². The van der Waals surface area contributed by atoms with Crippen LogP contribution in [0.2, 0.25) is 0 Å². The lowest BCUT2D eigenvalue weighted by Crippen LogP contribution is -2.33. The van der Waals surface area contributed by atoms with Gasteiger partial charge in [-0.3, -0.25) is 4.79 Å². The van der Waals surface area contributed by atoms with Crippen LogP contribution in [0.25, 0.3) is 0 Å². The molecule has 1 rings (SSSR count). The highest BCUT2D eigenvalue weighted by Gasteiger charge is 2.45. The molecule has 0 heterocycles. The summed E-state index contributed by atoms with van der Waals surface area (Å²) in [5.74, 6) is -3.68. The molecule has 2 unspecified atom stereocenters. The van der Waals surface area contributed by atoms with E-state index in [9.17, 15) is 22.8 Å². The summed E-state index contributed by atoms with van der Waals surface area (Å²) in [4.78, 5) is 22.6. The predicted octanol–water partition coefficient (Wildman–Crippen LogP) is 3.66. The standard InChI is InChI=1S/C14H15F3O2/c1-2-10(9-18)12(14(15,16)17)8-13(19)11-6-4-3-5-7-11/h3-7,9-10,12H,2,8H2,1H3. The molecule has 0 bridgehead atoms. The molecular formula is C14H15F3O2. The number of carbonyl (C=O) groups is 2. The van der Waals surface area contributed by atoms with E-state index < -0.39 is 30.2 Å². The molecule has 0 aliphatic rings. The molecule has 0 fully saturated rings. The SMILES string of the molecule is CCC(C=O)C(CC(=O)c1ccccc1)C(F)(F)F. The molecule has 2 atom stereocenters. The van der Waals surface area contributed by atoms with Crippen molar-refractivity contribution in [2.75, 3.05) is 0 Å². The van der Waals surface area contributed by atoms with Gasteiger partial charge in [-0.1, -0.05) is 37.3 Å². The summed E-state index contributed by atoms with van der Waals surface area (Å²) in [5.41, 5.74) is 0.234. The minimum Gasteiger partial charge on any atom is -0.303 e. The molecule has 0 spiro atoms. The van der Waals surface area contributed by atoms with Crippen molar-refractivity contribution in [1.82, 2.24) is 0 Å². The number of ketones is 1. The van der Waals surface area contributed by atoms with Gasteiger partial charge >= 0.3 is 6.18 Å². The second-order valence-electron chi connectivity index (χ2n) is 4.35. The Balaban J connectivity index is 2.90. The van der Waals surface area contributed by atoms with Gasteiger partial charge in [0.2, 0.25) is 0 Å². The van der Waals surface area contributed by atoms with E-state index in [1.807, 2.05) is 0 Å². The van der Waals surface area contributed by atoms with Crippen LogP contribution in [0.4, 0.5) is 13.2 Å². The van der Waals surface area contributed by atoms with Gasteiger partial charge in [0.1, 0.15) is 6.29 Å². The van der Waals surface area contributed by atoms with Gasteiger partial charge < -0.3 is 4.79 Å². The molecule has 0 saturated heterocycles. The smallest absolute Gasteiger partial charge is 0.303 e. The lowest BCUT2D eigenvalue weighted by molar-refractivity contribution is -0.187. The van der Waals surface area contributed by atoms with Crippen molar-refractivity contribution < 1.29 is 22.8 Å². The van der Waals surface area contributed by atoms with Gasteiger partial charge in [0.15, 0.2) is 5.78 Å². The Labute approximate surface area is 109 Å². The van der Waals surface area contributed by atoms with Crippen molar-refractivity contribution in [2.24, 2.45) is 11.8 Å². The van der Waals surface area contributed by atoms with E-state index in [2.05, 4.69) is 0 Å². The molecular weight excluding hydrogens is 257 g/mol. The van der Waals surface area contributed by atoms with Crippen LogP contribution in [0, 0.1) is 11.8 Å². The molecule has 104 valence electrons. The largest absolute Gasteiger partial charge is 0.392 e. The van der Waals surface area contributed by atoms with E-state index in [0.717, 1.165) is 0 Å². The van der Waals surface area contributed by atoms with Gasteiger partial charge in [-0.15, -0.1) is 0 Å². The summed E-state index contributed by atoms with van der Waals surface area (Å²) in [6.45, 7) is 1.50. The summed E-state index contributed by atoms with van der Waals surface area (Å²) in [7, 11) is 0. The molecule has 1 aromatic rings. The number of benzene rings is 1. The first-order chi connectivity index (χ1) is 8.90. The summed E-state index contributed by atoms with van der Waals surface area (Å²) in [6.07, 6.45) is -4.89. The number of carbonyl (C=O) groups excluding carboxylic acids is 2. The van der Waals surface area contributed by atoms with E-state index >= 15 is 0 Å². The summed E-state index contributed by atoms with van der Waals surface area (Å²) in [6, 6.07) is 7.80. The van der Waals surface area contributed by atoms with E-state index in [-0.39, 0.29) is 18.3 Å². The average molecular weight is 272 g/mol. The summed E-state index contributed by atoms with van der Waals surface area (Å²) < 4.78 is 38.7. The molecule has 0 radical (unpaired) electrons. The zero-order chi connectivity index (χ0) is 14.5. The molecule has 1 aromatic carbocycles. The highest BCUT2D eigenvalue weighted by atomic mass is 19.4. The highest BCUT2D eigenvalue weighted by Crippen LogP contribution is 2.36. The molecule has 0 saturated carbocycles. The number of aldehydes is 1. The van der Waals surface area contributed by atoms with Crippen LogP contribution in [0.1, 0.15) is 30.1 Å². The monoisotopic (exact) mass is 272 g/mol. The van der Waals surface area contributed by atoms with Crippen LogP contribution < -0.4 is 0 Å². The van der Waals surface area contributed by atoms with Crippen LogP contribution in [0.15, 0.2) is 30.3 Å². The fourth-order valence-corrected chi connectivity index (χ4v) is 1.93. The first-order valence-electron chi connectivity index (χ1n) is 6.00. The van der Waals surface area contributed by atoms with Crippen LogP contribution in [0.3, 0.4) is 0 Å². The van der Waals surface area contributed by atoms with E-state index in [4.69, 9.17) is 0 Å². The third kappa shape index (κ3) is 4.19. The third-order valence-corrected chi connectivity index (χ3v) is 3.08. The Morgan fingerprint density at radius 1 is 1.26 bits per heavy atom. The number of halogens is 3. The van der Waals surface area contributed by atoms with Crippen molar-refractivity contribution in [1.29, 1.82) is 0 Å². The maximum absolute atomic E-state index is 12.9. The van der Waals surface area contributed by atoms with Crippen molar-refractivity contribution in [2.45, 2.75) is 25.9 Å². The van der Waals surface area contributed by atoms with E-state index in [1.54, 1.807) is 18.2 Å². The van der Waals surface area contributed by atoms with Crippen molar-refractivity contribution in [3.05, 3.63) is 35.9 Å². The molecule has 0 N–H and O–H groups in total. The molecule has 5 heteroatoms. The zero-order valence-corrected chi connectivity index (χ0v) is 10.5. The molecule has 0 aliphatic carbocycles. The van der Waals surface area contributed by atoms with Crippen LogP contribution in [0.5, 0.6) is 0 Å². The molecule has 19 heavy (non-hydrogen) atoms. The second kappa shape index (κ2) is 6.50. The van der Waals surface area contributed by atoms with Crippen LogP contribution in [-0.2, 0) is 4.79 Å². The van der Waals surface area contributed by atoms with Gasteiger partial charge in [-0.2, -0.15) is 13.2 Å². The Bertz CT molecular complexity index is 426. The topological polar surface area (TPSA) is 34.1 Å². The quantitative estimate of drug-likeness (QED) is 0.585. The lowest BCUT2D eigenvalue weighted by Gasteiger charge is -2.24. The maximum atomic E-state index is 12.9. The minimum absolute atomic E-state index is 0.0652. The van der Waals surface area contributed by atoms with Gasteiger partial charge in [-0.25, -0.2) is 0 Å².